The van der Waals surface area contributed by atoms with E-state index in [9.17, 15) is 9.59 Å². The molecule has 0 bridgehead atoms. The summed E-state index contributed by atoms with van der Waals surface area (Å²) in [6.45, 7) is 3.83. The van der Waals surface area contributed by atoms with Crippen molar-refractivity contribution in [1.82, 2.24) is 5.32 Å². The molecule has 1 heterocycles. The second kappa shape index (κ2) is 8.12. The maximum atomic E-state index is 12.3. The van der Waals surface area contributed by atoms with Gasteiger partial charge < -0.3 is 21.1 Å². The van der Waals surface area contributed by atoms with Crippen LogP contribution in [-0.4, -0.2) is 17.9 Å². The van der Waals surface area contributed by atoms with Gasteiger partial charge in [0.05, 0.1) is 11.7 Å². The molecule has 0 saturated heterocycles. The number of rotatable bonds is 6. The van der Waals surface area contributed by atoms with Crippen LogP contribution in [0.1, 0.15) is 43.9 Å². The van der Waals surface area contributed by atoms with Gasteiger partial charge in [0, 0.05) is 12.1 Å². The van der Waals surface area contributed by atoms with Gasteiger partial charge in [-0.05, 0) is 49.1 Å². The van der Waals surface area contributed by atoms with Gasteiger partial charge in [-0.1, -0.05) is 31.2 Å². The third kappa shape index (κ3) is 4.39. The summed E-state index contributed by atoms with van der Waals surface area (Å²) in [5.74, 6) is 0.473. The number of hydrogen-bond donors (Lipinski definition) is 3. The summed E-state index contributed by atoms with van der Waals surface area (Å²) in [5, 5.41) is 5.85. The molecular weight excluding hydrogens is 342 g/mol. The summed E-state index contributed by atoms with van der Waals surface area (Å²) in [4.78, 5) is 24.2. The summed E-state index contributed by atoms with van der Waals surface area (Å²) in [7, 11) is 0. The first-order valence-corrected chi connectivity index (χ1v) is 9.22. The third-order valence-electron chi connectivity index (χ3n) is 4.75. The van der Waals surface area contributed by atoms with Crippen LogP contribution in [0.3, 0.4) is 0 Å². The molecule has 1 aliphatic rings. The topological polar surface area (TPSA) is 93.4 Å². The molecular formula is C21H25N3O3. The largest absolute Gasteiger partial charge is 0.478 e. The zero-order chi connectivity index (χ0) is 19.4. The van der Waals surface area contributed by atoms with Crippen molar-refractivity contribution in [3.8, 4) is 5.75 Å². The van der Waals surface area contributed by atoms with Crippen molar-refractivity contribution in [1.29, 1.82) is 0 Å². The fourth-order valence-electron chi connectivity index (χ4n) is 3.10. The third-order valence-corrected chi connectivity index (χ3v) is 4.75. The molecule has 2 aromatic rings. The maximum absolute atomic E-state index is 12.3. The molecule has 2 unspecified atom stereocenters. The molecule has 3 rings (SSSR count). The maximum Gasteiger partial charge on any atom is 0.265 e. The minimum atomic E-state index is -0.478. The number of ether oxygens (including phenoxy) is 1. The van der Waals surface area contributed by atoms with Crippen LogP contribution in [0.15, 0.2) is 42.5 Å². The number of fused-ring (bicyclic) bond motifs is 1. The van der Waals surface area contributed by atoms with Crippen LogP contribution < -0.4 is 21.1 Å². The minimum Gasteiger partial charge on any atom is -0.478 e. The molecule has 4 N–H and O–H groups in total. The monoisotopic (exact) mass is 367 g/mol. The lowest BCUT2D eigenvalue weighted by Crippen LogP contribution is -2.36. The van der Waals surface area contributed by atoms with Crippen LogP contribution in [0.25, 0.3) is 0 Å². The lowest BCUT2D eigenvalue weighted by molar-refractivity contribution is -0.123. The molecule has 0 fully saturated rings. The number of nitrogens with two attached hydrogens (primary N) is 1. The minimum absolute atomic E-state index is 0.0378. The summed E-state index contributed by atoms with van der Waals surface area (Å²) in [6.07, 6.45) is 1.09. The molecule has 0 radical (unpaired) electrons. The van der Waals surface area contributed by atoms with Crippen molar-refractivity contribution in [3.63, 3.8) is 0 Å². The Hall–Kier alpha value is -3.02. The van der Waals surface area contributed by atoms with E-state index in [0.717, 1.165) is 11.1 Å². The average Bonchev–Trinajstić information content (AvgIpc) is 2.66. The molecule has 6 nitrogen and oxygen atoms in total. The Bertz CT molecular complexity index is 850. The van der Waals surface area contributed by atoms with Crippen LogP contribution in [0.5, 0.6) is 5.75 Å². The van der Waals surface area contributed by atoms with Crippen molar-refractivity contribution in [2.75, 3.05) is 11.1 Å². The number of para-hydroxylation sites is 1. The van der Waals surface area contributed by atoms with Crippen molar-refractivity contribution in [3.05, 3.63) is 53.6 Å². The van der Waals surface area contributed by atoms with E-state index >= 15 is 0 Å². The van der Waals surface area contributed by atoms with Gasteiger partial charge in [-0.25, -0.2) is 0 Å². The number of carbonyl (C=O) groups excluding carboxylic acids is 2. The van der Waals surface area contributed by atoms with Gasteiger partial charge in [0.25, 0.3) is 5.91 Å². The summed E-state index contributed by atoms with van der Waals surface area (Å²) < 4.78 is 5.77. The highest BCUT2D eigenvalue weighted by Gasteiger charge is 2.26. The number of carbonyl (C=O) groups is 2. The Morgan fingerprint density at radius 2 is 2.07 bits per heavy atom. The molecule has 0 saturated carbocycles. The van der Waals surface area contributed by atoms with E-state index in [1.807, 2.05) is 56.3 Å². The van der Waals surface area contributed by atoms with Gasteiger partial charge in [-0.15, -0.1) is 0 Å². The predicted molar refractivity (Wildman–Crippen MR) is 106 cm³/mol. The molecule has 0 aromatic heterocycles. The summed E-state index contributed by atoms with van der Waals surface area (Å²) >= 11 is 0. The highest BCUT2D eigenvalue weighted by Crippen LogP contribution is 2.33. The fourth-order valence-corrected chi connectivity index (χ4v) is 3.10. The second-order valence-corrected chi connectivity index (χ2v) is 6.75. The summed E-state index contributed by atoms with van der Waals surface area (Å²) in [6, 6.07) is 13.0. The van der Waals surface area contributed by atoms with Crippen molar-refractivity contribution in [2.24, 2.45) is 0 Å². The first kappa shape index (κ1) is 18.8. The summed E-state index contributed by atoms with van der Waals surface area (Å²) in [5.41, 5.74) is 9.19. The molecule has 2 amide bonds. The highest BCUT2D eigenvalue weighted by molar-refractivity contribution is 5.97. The van der Waals surface area contributed by atoms with Crippen molar-refractivity contribution in [2.45, 2.75) is 45.3 Å². The lowest BCUT2D eigenvalue weighted by Gasteiger charge is -2.26. The Morgan fingerprint density at radius 1 is 1.30 bits per heavy atom. The number of anilines is 2. The van der Waals surface area contributed by atoms with Crippen LogP contribution in [-0.2, 0) is 16.0 Å². The molecule has 0 aliphatic carbocycles. The lowest BCUT2D eigenvalue weighted by atomic mass is 10.0. The Morgan fingerprint density at radius 3 is 2.81 bits per heavy atom. The fraction of sp³-hybridized carbons (Fsp3) is 0.333. The van der Waals surface area contributed by atoms with Crippen LogP contribution >= 0.6 is 0 Å². The standard InChI is InChI=1S/C21H25N3O3/c1-3-18-21(26)24-17-10-8-15(12-19(17)27-18)13(2)23-20(25)11-9-14-6-4-5-7-16(14)22/h4-8,10,12-13,18H,3,9,11,22H2,1-2H3,(H,23,25)(H,24,26). The number of hydrogen-bond acceptors (Lipinski definition) is 4. The molecule has 0 spiro atoms. The van der Waals surface area contributed by atoms with Gasteiger partial charge in [0.2, 0.25) is 5.91 Å². The number of aryl methyl sites for hydroxylation is 1. The van der Waals surface area contributed by atoms with E-state index in [1.165, 1.54) is 0 Å². The van der Waals surface area contributed by atoms with Gasteiger partial charge >= 0.3 is 0 Å². The number of amides is 2. The van der Waals surface area contributed by atoms with E-state index in [2.05, 4.69) is 10.6 Å². The van der Waals surface area contributed by atoms with Crippen LogP contribution in [0, 0.1) is 0 Å². The van der Waals surface area contributed by atoms with E-state index in [1.54, 1.807) is 0 Å². The van der Waals surface area contributed by atoms with Gasteiger partial charge in [0.15, 0.2) is 6.10 Å². The molecule has 27 heavy (non-hydrogen) atoms. The Labute approximate surface area is 159 Å². The van der Waals surface area contributed by atoms with E-state index in [0.29, 0.717) is 36.4 Å². The zero-order valence-electron chi connectivity index (χ0n) is 15.6. The van der Waals surface area contributed by atoms with Gasteiger partial charge in [0.1, 0.15) is 5.75 Å². The van der Waals surface area contributed by atoms with E-state index in [4.69, 9.17) is 10.5 Å². The zero-order valence-corrected chi connectivity index (χ0v) is 15.6. The Balaban J connectivity index is 1.61. The molecule has 142 valence electrons. The highest BCUT2D eigenvalue weighted by atomic mass is 16.5. The SMILES string of the molecule is CCC1Oc2cc(C(C)NC(=O)CCc3ccccc3N)ccc2NC1=O. The number of nitrogens with one attached hydrogen (secondary N) is 2. The molecule has 2 aromatic carbocycles. The van der Waals surface area contributed by atoms with Crippen LogP contribution in [0.4, 0.5) is 11.4 Å². The number of nitrogen functional groups attached to an aromatic ring is 1. The molecule has 6 heteroatoms. The van der Waals surface area contributed by atoms with E-state index < -0.39 is 6.10 Å². The Kier molecular flexibility index (Phi) is 5.64. The first-order chi connectivity index (χ1) is 13.0. The molecule has 1 aliphatic heterocycles. The predicted octanol–water partition coefficient (Wildman–Crippen LogP) is 3.19. The van der Waals surface area contributed by atoms with Crippen LogP contribution in [0.2, 0.25) is 0 Å². The second-order valence-electron chi connectivity index (χ2n) is 6.75. The first-order valence-electron chi connectivity index (χ1n) is 9.22. The number of benzene rings is 2. The smallest absolute Gasteiger partial charge is 0.265 e. The normalized spacial score (nSPS) is 16.7. The average molecular weight is 367 g/mol. The van der Waals surface area contributed by atoms with Crippen molar-refractivity contribution >= 4 is 23.2 Å². The molecule has 2 atom stereocenters. The van der Waals surface area contributed by atoms with E-state index in [-0.39, 0.29) is 17.9 Å². The van der Waals surface area contributed by atoms with Crippen molar-refractivity contribution < 1.29 is 14.3 Å². The van der Waals surface area contributed by atoms with Gasteiger partial charge in [-0.2, -0.15) is 0 Å². The van der Waals surface area contributed by atoms with Gasteiger partial charge in [-0.3, -0.25) is 9.59 Å². The quantitative estimate of drug-likeness (QED) is 0.684.